The van der Waals surface area contributed by atoms with Crippen molar-refractivity contribution in [3.63, 3.8) is 0 Å². The Hall–Kier alpha value is -0.960. The molecule has 0 amide bonds. The molecule has 0 bridgehead atoms. The number of piperidine rings is 1. The van der Waals surface area contributed by atoms with Crippen molar-refractivity contribution in [1.29, 1.82) is 0 Å². The molecule has 1 atom stereocenters. The van der Waals surface area contributed by atoms with E-state index in [0.29, 0.717) is 17.9 Å². The molecule has 0 aromatic heterocycles. The molecule has 106 valence electrons. The Balaban J connectivity index is 2.00. The molecule has 1 aromatic carbocycles. The van der Waals surface area contributed by atoms with Crippen molar-refractivity contribution >= 4 is 0 Å². The summed E-state index contributed by atoms with van der Waals surface area (Å²) in [6.45, 7) is 9.63. The van der Waals surface area contributed by atoms with E-state index in [1.807, 2.05) is 0 Å². The maximum absolute atomic E-state index is 13.2. The third-order valence-corrected chi connectivity index (χ3v) is 4.12. The molecule has 0 radical (unpaired) electrons. The highest BCUT2D eigenvalue weighted by atomic mass is 19.2. The van der Waals surface area contributed by atoms with E-state index in [0.717, 1.165) is 18.7 Å². The van der Waals surface area contributed by atoms with E-state index in [4.69, 9.17) is 0 Å². The average Bonchev–Trinajstić information content (AvgIpc) is 2.33. The predicted octanol–water partition coefficient (Wildman–Crippen LogP) is 4.22. The van der Waals surface area contributed by atoms with E-state index in [-0.39, 0.29) is 0 Å². The maximum Gasteiger partial charge on any atom is 0.159 e. The SMILES string of the molecule is CC(C)(C)[C@@H]1CCCN(Cc2ccc(F)c(F)c2)C1. The summed E-state index contributed by atoms with van der Waals surface area (Å²) in [7, 11) is 0. The van der Waals surface area contributed by atoms with Gasteiger partial charge in [0.1, 0.15) is 0 Å². The molecule has 0 N–H and O–H groups in total. The van der Waals surface area contributed by atoms with Crippen LogP contribution in [-0.2, 0) is 6.54 Å². The third kappa shape index (κ3) is 3.75. The molecule has 2 rings (SSSR count). The van der Waals surface area contributed by atoms with Gasteiger partial charge in [-0.05, 0) is 48.4 Å². The molecule has 1 aliphatic heterocycles. The minimum Gasteiger partial charge on any atom is -0.299 e. The Kier molecular flexibility index (Phi) is 4.24. The number of nitrogens with zero attached hydrogens (tertiary/aromatic N) is 1. The lowest BCUT2D eigenvalue weighted by atomic mass is 9.76. The molecule has 1 aliphatic rings. The molecule has 0 spiro atoms. The van der Waals surface area contributed by atoms with Crippen LogP contribution in [0.1, 0.15) is 39.2 Å². The van der Waals surface area contributed by atoms with Crippen LogP contribution >= 0.6 is 0 Å². The zero-order valence-electron chi connectivity index (χ0n) is 12.0. The standard InChI is InChI=1S/C16H23F2N/c1-16(2,3)13-5-4-8-19(11-13)10-12-6-7-14(17)15(18)9-12/h6-7,9,13H,4-5,8,10-11H2,1-3H3/t13-/m1/s1. The Morgan fingerprint density at radius 1 is 1.21 bits per heavy atom. The molecule has 1 aromatic rings. The summed E-state index contributed by atoms with van der Waals surface area (Å²) in [6.07, 6.45) is 2.45. The van der Waals surface area contributed by atoms with Gasteiger partial charge in [-0.2, -0.15) is 0 Å². The largest absolute Gasteiger partial charge is 0.299 e. The fourth-order valence-electron chi connectivity index (χ4n) is 2.80. The normalized spacial score (nSPS) is 21.6. The Bertz CT molecular complexity index is 437. The van der Waals surface area contributed by atoms with Crippen molar-refractivity contribution in [2.75, 3.05) is 13.1 Å². The van der Waals surface area contributed by atoms with Gasteiger partial charge in [0.05, 0.1) is 0 Å². The lowest BCUT2D eigenvalue weighted by Crippen LogP contribution is -2.40. The highest BCUT2D eigenvalue weighted by Crippen LogP contribution is 2.33. The molecule has 1 nitrogen and oxygen atoms in total. The summed E-state index contributed by atoms with van der Waals surface area (Å²) in [5.74, 6) is -0.844. The Morgan fingerprint density at radius 3 is 2.58 bits per heavy atom. The quantitative estimate of drug-likeness (QED) is 0.775. The first kappa shape index (κ1) is 14.4. The minimum absolute atomic E-state index is 0.312. The number of rotatable bonds is 2. The topological polar surface area (TPSA) is 3.24 Å². The van der Waals surface area contributed by atoms with Crippen molar-refractivity contribution in [3.8, 4) is 0 Å². The maximum atomic E-state index is 13.2. The first-order chi connectivity index (χ1) is 8.86. The van der Waals surface area contributed by atoms with Crippen LogP contribution in [0.3, 0.4) is 0 Å². The molecule has 1 heterocycles. The summed E-state index contributed by atoms with van der Waals surface area (Å²) in [4.78, 5) is 2.35. The zero-order chi connectivity index (χ0) is 14.0. The van der Waals surface area contributed by atoms with Crippen LogP contribution in [0.5, 0.6) is 0 Å². The Morgan fingerprint density at radius 2 is 1.95 bits per heavy atom. The van der Waals surface area contributed by atoms with Gasteiger partial charge in [-0.25, -0.2) is 8.78 Å². The van der Waals surface area contributed by atoms with E-state index in [1.165, 1.54) is 25.0 Å². The fraction of sp³-hybridized carbons (Fsp3) is 0.625. The molecule has 0 aliphatic carbocycles. The lowest BCUT2D eigenvalue weighted by Gasteiger charge is -2.39. The van der Waals surface area contributed by atoms with Gasteiger partial charge < -0.3 is 0 Å². The van der Waals surface area contributed by atoms with E-state index in [2.05, 4.69) is 25.7 Å². The number of halogens is 2. The fourth-order valence-corrected chi connectivity index (χ4v) is 2.80. The van der Waals surface area contributed by atoms with Crippen molar-refractivity contribution < 1.29 is 8.78 Å². The predicted molar refractivity (Wildman–Crippen MR) is 73.8 cm³/mol. The van der Waals surface area contributed by atoms with Crippen LogP contribution in [0.4, 0.5) is 8.78 Å². The third-order valence-electron chi connectivity index (χ3n) is 4.12. The summed E-state index contributed by atoms with van der Waals surface area (Å²) in [5.41, 5.74) is 1.17. The molecule has 1 saturated heterocycles. The van der Waals surface area contributed by atoms with Gasteiger partial charge in [-0.15, -0.1) is 0 Å². The number of benzene rings is 1. The van der Waals surface area contributed by atoms with Crippen LogP contribution < -0.4 is 0 Å². The molecule has 0 unspecified atom stereocenters. The second kappa shape index (κ2) is 5.58. The number of hydrogen-bond acceptors (Lipinski definition) is 1. The minimum atomic E-state index is -0.769. The molecular weight excluding hydrogens is 244 g/mol. The Labute approximate surface area is 114 Å². The molecule has 3 heteroatoms. The van der Waals surface area contributed by atoms with Crippen LogP contribution in [0.25, 0.3) is 0 Å². The number of hydrogen-bond donors (Lipinski definition) is 0. The molecule has 1 fully saturated rings. The second-order valence-electron chi connectivity index (χ2n) is 6.69. The van der Waals surface area contributed by atoms with Crippen molar-refractivity contribution in [2.45, 2.75) is 40.2 Å². The average molecular weight is 267 g/mol. The molecular formula is C16H23F2N. The number of likely N-dealkylation sites (tertiary alicyclic amines) is 1. The summed E-state index contributed by atoms with van der Waals surface area (Å²) < 4.78 is 26.1. The first-order valence-corrected chi connectivity index (χ1v) is 7.02. The van der Waals surface area contributed by atoms with E-state index >= 15 is 0 Å². The molecule has 19 heavy (non-hydrogen) atoms. The van der Waals surface area contributed by atoms with Gasteiger partial charge in [-0.3, -0.25) is 4.90 Å². The van der Waals surface area contributed by atoms with Gasteiger partial charge in [0.25, 0.3) is 0 Å². The summed E-state index contributed by atoms with van der Waals surface area (Å²) in [6, 6.07) is 4.21. The van der Waals surface area contributed by atoms with Crippen molar-refractivity contribution in [3.05, 3.63) is 35.4 Å². The second-order valence-corrected chi connectivity index (χ2v) is 6.69. The van der Waals surface area contributed by atoms with Gasteiger partial charge in [0.2, 0.25) is 0 Å². The van der Waals surface area contributed by atoms with E-state index in [1.54, 1.807) is 6.07 Å². The zero-order valence-corrected chi connectivity index (χ0v) is 12.0. The summed E-state index contributed by atoms with van der Waals surface area (Å²) >= 11 is 0. The highest BCUT2D eigenvalue weighted by Gasteiger charge is 2.29. The van der Waals surface area contributed by atoms with Crippen molar-refractivity contribution in [1.82, 2.24) is 4.90 Å². The van der Waals surface area contributed by atoms with Crippen LogP contribution in [0.2, 0.25) is 0 Å². The highest BCUT2D eigenvalue weighted by molar-refractivity contribution is 5.17. The van der Waals surface area contributed by atoms with E-state index < -0.39 is 11.6 Å². The lowest BCUT2D eigenvalue weighted by molar-refractivity contribution is 0.0942. The van der Waals surface area contributed by atoms with Crippen molar-refractivity contribution in [2.24, 2.45) is 11.3 Å². The van der Waals surface area contributed by atoms with Gasteiger partial charge >= 0.3 is 0 Å². The van der Waals surface area contributed by atoms with Crippen LogP contribution in [0.15, 0.2) is 18.2 Å². The smallest absolute Gasteiger partial charge is 0.159 e. The first-order valence-electron chi connectivity index (χ1n) is 7.02. The monoisotopic (exact) mass is 267 g/mol. The van der Waals surface area contributed by atoms with E-state index in [9.17, 15) is 8.78 Å². The van der Waals surface area contributed by atoms with Gasteiger partial charge in [0, 0.05) is 13.1 Å². The van der Waals surface area contributed by atoms with Gasteiger partial charge in [-0.1, -0.05) is 26.8 Å². The van der Waals surface area contributed by atoms with Gasteiger partial charge in [0.15, 0.2) is 11.6 Å². The summed E-state index contributed by atoms with van der Waals surface area (Å²) in [5, 5.41) is 0. The van der Waals surface area contributed by atoms with Crippen LogP contribution in [0, 0.1) is 23.0 Å². The van der Waals surface area contributed by atoms with Crippen LogP contribution in [-0.4, -0.2) is 18.0 Å². The molecule has 0 saturated carbocycles.